The number of para-hydroxylation sites is 1. The van der Waals surface area contributed by atoms with Crippen LogP contribution in [0.3, 0.4) is 0 Å². The minimum Gasteiger partial charge on any atom is -0.496 e. The maximum atomic E-state index is 6.11. The van der Waals surface area contributed by atoms with Crippen molar-refractivity contribution in [2.45, 2.75) is 19.1 Å². The highest BCUT2D eigenvalue weighted by molar-refractivity contribution is 5.35. The third-order valence-corrected chi connectivity index (χ3v) is 3.34. The second kappa shape index (κ2) is 7.08. The van der Waals surface area contributed by atoms with Gasteiger partial charge in [-0.1, -0.05) is 48.5 Å². The van der Waals surface area contributed by atoms with Crippen LogP contribution in [-0.4, -0.2) is 13.7 Å². The Morgan fingerprint density at radius 1 is 1.00 bits per heavy atom. The van der Waals surface area contributed by atoms with Crippen LogP contribution in [0.15, 0.2) is 54.6 Å². The molecule has 2 N–H and O–H groups in total. The summed E-state index contributed by atoms with van der Waals surface area (Å²) in [5.41, 5.74) is 8.00. The SMILES string of the molecule is COc1ccccc1C(CN)OC(C)c1ccccc1. The Kier molecular flexibility index (Phi) is 5.16. The van der Waals surface area contributed by atoms with Crippen LogP contribution in [0.4, 0.5) is 0 Å². The topological polar surface area (TPSA) is 44.5 Å². The molecular weight excluding hydrogens is 250 g/mol. The van der Waals surface area contributed by atoms with E-state index >= 15 is 0 Å². The van der Waals surface area contributed by atoms with Crippen molar-refractivity contribution in [1.29, 1.82) is 0 Å². The molecule has 0 aliphatic carbocycles. The van der Waals surface area contributed by atoms with Crippen molar-refractivity contribution in [2.75, 3.05) is 13.7 Å². The van der Waals surface area contributed by atoms with Crippen molar-refractivity contribution in [3.05, 3.63) is 65.7 Å². The van der Waals surface area contributed by atoms with Crippen LogP contribution in [0.2, 0.25) is 0 Å². The van der Waals surface area contributed by atoms with E-state index < -0.39 is 0 Å². The molecule has 2 atom stereocenters. The van der Waals surface area contributed by atoms with Gasteiger partial charge < -0.3 is 15.2 Å². The van der Waals surface area contributed by atoms with Gasteiger partial charge in [0, 0.05) is 12.1 Å². The van der Waals surface area contributed by atoms with Crippen molar-refractivity contribution >= 4 is 0 Å². The van der Waals surface area contributed by atoms with E-state index in [1.165, 1.54) is 0 Å². The van der Waals surface area contributed by atoms with Gasteiger partial charge in [-0.25, -0.2) is 0 Å². The van der Waals surface area contributed by atoms with E-state index in [9.17, 15) is 0 Å². The summed E-state index contributed by atoms with van der Waals surface area (Å²) in [6.07, 6.45) is -0.198. The van der Waals surface area contributed by atoms with Gasteiger partial charge in [0.2, 0.25) is 0 Å². The molecule has 0 saturated carbocycles. The largest absolute Gasteiger partial charge is 0.496 e. The Morgan fingerprint density at radius 2 is 1.65 bits per heavy atom. The molecule has 0 heterocycles. The second-order valence-electron chi connectivity index (χ2n) is 4.66. The summed E-state index contributed by atoms with van der Waals surface area (Å²) in [7, 11) is 1.66. The summed E-state index contributed by atoms with van der Waals surface area (Å²) in [6.45, 7) is 2.45. The molecule has 0 radical (unpaired) electrons. The lowest BCUT2D eigenvalue weighted by Crippen LogP contribution is -2.18. The number of hydrogen-bond donors (Lipinski definition) is 1. The Hall–Kier alpha value is -1.84. The standard InChI is InChI=1S/C17H21NO2/c1-13(14-8-4-3-5-9-14)20-17(12-18)15-10-6-7-11-16(15)19-2/h3-11,13,17H,12,18H2,1-2H3. The Balaban J connectivity index is 2.17. The fraction of sp³-hybridized carbons (Fsp3) is 0.294. The number of benzene rings is 2. The number of nitrogens with two attached hydrogens (primary N) is 1. The van der Waals surface area contributed by atoms with E-state index in [1.54, 1.807) is 7.11 Å². The minimum atomic E-state index is -0.179. The highest BCUT2D eigenvalue weighted by Crippen LogP contribution is 2.31. The van der Waals surface area contributed by atoms with Crippen LogP contribution < -0.4 is 10.5 Å². The number of ether oxygens (including phenoxy) is 2. The summed E-state index contributed by atoms with van der Waals surface area (Å²) >= 11 is 0. The van der Waals surface area contributed by atoms with Gasteiger partial charge in [-0.15, -0.1) is 0 Å². The van der Waals surface area contributed by atoms with Crippen molar-refractivity contribution in [1.82, 2.24) is 0 Å². The van der Waals surface area contributed by atoms with Crippen LogP contribution in [0.5, 0.6) is 5.75 Å². The quantitative estimate of drug-likeness (QED) is 0.875. The lowest BCUT2D eigenvalue weighted by Gasteiger charge is -2.23. The maximum absolute atomic E-state index is 6.11. The smallest absolute Gasteiger partial charge is 0.124 e. The van der Waals surface area contributed by atoms with Gasteiger partial charge in [0.25, 0.3) is 0 Å². The van der Waals surface area contributed by atoms with Crippen LogP contribution in [-0.2, 0) is 4.74 Å². The van der Waals surface area contributed by atoms with E-state index in [-0.39, 0.29) is 12.2 Å². The molecule has 0 fully saturated rings. The second-order valence-corrected chi connectivity index (χ2v) is 4.66. The molecular formula is C17H21NO2. The van der Waals surface area contributed by atoms with Gasteiger partial charge in [0.15, 0.2) is 0 Å². The molecule has 2 rings (SSSR count). The first kappa shape index (κ1) is 14.6. The molecule has 2 aromatic carbocycles. The summed E-state index contributed by atoms with van der Waals surface area (Å²) < 4.78 is 11.5. The average molecular weight is 271 g/mol. The normalized spacial score (nSPS) is 13.8. The first-order chi connectivity index (χ1) is 9.76. The van der Waals surface area contributed by atoms with Crippen molar-refractivity contribution in [3.8, 4) is 5.75 Å². The molecule has 0 aliphatic rings. The summed E-state index contributed by atoms with van der Waals surface area (Å²) in [6, 6.07) is 18.0. The number of rotatable bonds is 6. The molecule has 0 bridgehead atoms. The van der Waals surface area contributed by atoms with Crippen LogP contribution in [0.1, 0.15) is 30.3 Å². The first-order valence-corrected chi connectivity index (χ1v) is 6.79. The van der Waals surface area contributed by atoms with Crippen LogP contribution >= 0.6 is 0 Å². The third-order valence-electron chi connectivity index (χ3n) is 3.34. The summed E-state index contributed by atoms with van der Waals surface area (Å²) in [5, 5.41) is 0. The zero-order valence-corrected chi connectivity index (χ0v) is 12.0. The molecule has 0 spiro atoms. The minimum absolute atomic E-state index is 0.0188. The van der Waals surface area contributed by atoms with E-state index in [0.29, 0.717) is 6.54 Å². The van der Waals surface area contributed by atoms with Crippen molar-refractivity contribution in [2.24, 2.45) is 5.73 Å². The lowest BCUT2D eigenvalue weighted by atomic mass is 10.1. The van der Waals surface area contributed by atoms with E-state index in [2.05, 4.69) is 12.1 Å². The molecule has 2 unspecified atom stereocenters. The molecule has 0 saturated heterocycles. The monoisotopic (exact) mass is 271 g/mol. The number of hydrogen-bond acceptors (Lipinski definition) is 3. The Labute approximate surface area is 120 Å². The lowest BCUT2D eigenvalue weighted by molar-refractivity contribution is -0.000894. The fourth-order valence-corrected chi connectivity index (χ4v) is 2.24. The Morgan fingerprint density at radius 3 is 2.30 bits per heavy atom. The molecule has 0 amide bonds. The summed E-state index contributed by atoms with van der Waals surface area (Å²) in [5.74, 6) is 0.809. The van der Waals surface area contributed by atoms with Gasteiger partial charge in [-0.3, -0.25) is 0 Å². The maximum Gasteiger partial charge on any atom is 0.124 e. The molecule has 3 heteroatoms. The zero-order chi connectivity index (χ0) is 14.4. The van der Waals surface area contributed by atoms with Gasteiger partial charge >= 0.3 is 0 Å². The predicted molar refractivity (Wildman–Crippen MR) is 80.7 cm³/mol. The molecule has 3 nitrogen and oxygen atoms in total. The average Bonchev–Trinajstić information content (AvgIpc) is 2.53. The van der Waals surface area contributed by atoms with Gasteiger partial charge in [0.05, 0.1) is 19.3 Å². The van der Waals surface area contributed by atoms with Crippen molar-refractivity contribution < 1.29 is 9.47 Å². The first-order valence-electron chi connectivity index (χ1n) is 6.79. The Bertz CT molecular complexity index is 528. The van der Waals surface area contributed by atoms with Crippen LogP contribution in [0.25, 0.3) is 0 Å². The zero-order valence-electron chi connectivity index (χ0n) is 12.0. The van der Waals surface area contributed by atoms with Gasteiger partial charge in [0.1, 0.15) is 5.75 Å². The van der Waals surface area contributed by atoms with E-state index in [4.69, 9.17) is 15.2 Å². The highest BCUT2D eigenvalue weighted by Gasteiger charge is 2.18. The van der Waals surface area contributed by atoms with E-state index in [0.717, 1.165) is 16.9 Å². The molecule has 106 valence electrons. The fourth-order valence-electron chi connectivity index (χ4n) is 2.24. The highest BCUT2D eigenvalue weighted by atomic mass is 16.5. The predicted octanol–water partition coefficient (Wildman–Crippen LogP) is 3.47. The van der Waals surface area contributed by atoms with Gasteiger partial charge in [-0.05, 0) is 18.6 Å². The molecule has 2 aromatic rings. The molecule has 0 aliphatic heterocycles. The number of methoxy groups -OCH3 is 1. The van der Waals surface area contributed by atoms with Gasteiger partial charge in [-0.2, -0.15) is 0 Å². The molecule has 0 aromatic heterocycles. The van der Waals surface area contributed by atoms with E-state index in [1.807, 2.05) is 49.4 Å². The third kappa shape index (κ3) is 3.38. The molecule has 20 heavy (non-hydrogen) atoms. The summed E-state index contributed by atoms with van der Waals surface area (Å²) in [4.78, 5) is 0. The van der Waals surface area contributed by atoms with Crippen molar-refractivity contribution in [3.63, 3.8) is 0 Å². The van der Waals surface area contributed by atoms with Crippen LogP contribution in [0, 0.1) is 0 Å².